The molecule has 0 N–H and O–H groups in total. The Labute approximate surface area is 209 Å². The first kappa shape index (κ1) is 28.2. The van der Waals surface area contributed by atoms with Gasteiger partial charge in [0.15, 0.2) is 0 Å². The van der Waals surface area contributed by atoms with E-state index < -0.39 is 29.7 Å². The molecule has 3 aromatic rings. The normalized spacial score (nSPS) is 11.1. The van der Waals surface area contributed by atoms with Gasteiger partial charge in [-0.25, -0.2) is 4.39 Å². The number of halogens is 4. The summed E-state index contributed by atoms with van der Waals surface area (Å²) in [6.07, 6.45) is -4.17. The fourth-order valence-electron chi connectivity index (χ4n) is 3.10. The van der Waals surface area contributed by atoms with E-state index in [0.717, 1.165) is 6.07 Å². The van der Waals surface area contributed by atoms with Gasteiger partial charge in [-0.05, 0) is 42.3 Å². The Hall–Kier alpha value is -2.99. The Morgan fingerprint density at radius 3 is 2.23 bits per heavy atom. The molecule has 1 aromatic heterocycles. The van der Waals surface area contributed by atoms with E-state index in [1.54, 1.807) is 24.3 Å². The van der Waals surface area contributed by atoms with E-state index in [1.165, 1.54) is 24.1 Å². The number of amides is 1. The maximum atomic E-state index is 14.9. The van der Waals surface area contributed by atoms with Crippen LogP contribution in [0.1, 0.15) is 24.3 Å². The molecule has 190 valence electrons. The molecular weight excluding hydrogens is 648 g/mol. The van der Waals surface area contributed by atoms with Crippen molar-refractivity contribution in [2.75, 3.05) is 12.0 Å². The zero-order chi connectivity index (χ0) is 26.2. The summed E-state index contributed by atoms with van der Waals surface area (Å²) in [5.41, 5.74) is 0.642. The third-order valence-corrected chi connectivity index (χ3v) is 4.99. The molecular formula is C23H21F4N3O4Os-2. The summed E-state index contributed by atoms with van der Waals surface area (Å²) in [5, 5.41) is 6.27. The number of ether oxygens (including phenoxy) is 1. The minimum atomic E-state index is -4.80. The summed E-state index contributed by atoms with van der Waals surface area (Å²) in [5.74, 6) is -2.89. The van der Waals surface area contributed by atoms with E-state index in [1.807, 2.05) is 0 Å². The van der Waals surface area contributed by atoms with Crippen LogP contribution in [0, 0.1) is 25.6 Å². The number of carbonyl (C=O) groups is 1. The molecule has 2 aromatic carbocycles. The van der Waals surface area contributed by atoms with Crippen molar-refractivity contribution in [3.63, 3.8) is 0 Å². The number of aromatic nitrogens is 2. The summed E-state index contributed by atoms with van der Waals surface area (Å²) in [6, 6.07) is 10.4. The Bertz CT molecular complexity index is 1120. The molecule has 0 saturated carbocycles. The van der Waals surface area contributed by atoms with E-state index in [9.17, 15) is 22.4 Å². The first-order valence-corrected chi connectivity index (χ1v) is 11.1. The number of alkyl halides is 3. The third kappa shape index (κ3) is 7.01. The van der Waals surface area contributed by atoms with Gasteiger partial charge in [-0.3, -0.25) is 4.79 Å². The van der Waals surface area contributed by atoms with Crippen molar-refractivity contribution in [1.82, 2.24) is 10.2 Å². The van der Waals surface area contributed by atoms with Crippen molar-refractivity contribution >= 4 is 11.6 Å². The molecule has 0 radical (unpaired) electrons. The fraction of sp³-hybridized carbons (Fsp3) is 0.261. The monoisotopic (exact) mass is 671 g/mol. The Morgan fingerprint density at radius 2 is 1.74 bits per heavy atom. The molecule has 0 atom stereocenters. The van der Waals surface area contributed by atoms with Crippen molar-refractivity contribution in [1.29, 1.82) is 0 Å². The Morgan fingerprint density at radius 1 is 1.11 bits per heavy atom. The van der Waals surface area contributed by atoms with Gasteiger partial charge in [0, 0.05) is 16.8 Å². The van der Waals surface area contributed by atoms with Gasteiger partial charge in [0.1, 0.15) is 11.6 Å². The molecule has 7 nitrogen and oxygen atoms in total. The van der Waals surface area contributed by atoms with Gasteiger partial charge in [0.25, 0.3) is 0 Å². The number of benzene rings is 2. The van der Waals surface area contributed by atoms with Crippen LogP contribution < -0.4 is 9.64 Å². The molecule has 0 aliphatic carbocycles. The molecule has 1 amide bonds. The zero-order valence-corrected chi connectivity index (χ0v) is 21.0. The summed E-state index contributed by atoms with van der Waals surface area (Å²) in [6.45, 7) is 7.45. The number of methoxy groups -OCH3 is 1. The number of carbonyl (C=O) groups excluding carboxylic acids is 1. The standard InChI is InChI=1S/C23H21F4N3O3.O.Os/c1-4-14(5-2)21(31)30(17-8-10-18(32-3)11-9-17)13-16-7-6-15(12-19(16)24)20-28-29-22(33-20)23(25,26)27;;/h6-12,14H,1-2,4-5,13H2,3H3;;/q-2;;. The van der Waals surface area contributed by atoms with Gasteiger partial charge in [-0.1, -0.05) is 6.07 Å². The van der Waals surface area contributed by atoms with Crippen LogP contribution in [-0.4, -0.2) is 23.2 Å². The van der Waals surface area contributed by atoms with E-state index in [2.05, 4.69) is 28.5 Å². The predicted molar refractivity (Wildman–Crippen MR) is 113 cm³/mol. The van der Waals surface area contributed by atoms with E-state index in [0.29, 0.717) is 42.8 Å². The number of hydrogen-bond donors (Lipinski definition) is 0. The molecule has 0 spiro atoms. The van der Waals surface area contributed by atoms with Crippen LogP contribution in [-0.2, 0) is 39.6 Å². The Kier molecular flexibility index (Phi) is 10.2. The van der Waals surface area contributed by atoms with E-state index in [4.69, 9.17) is 8.28 Å². The second-order valence-corrected chi connectivity index (χ2v) is 7.11. The number of rotatable bonds is 8. The average Bonchev–Trinajstić information content (AvgIpc) is 3.36. The molecule has 0 saturated heterocycles. The van der Waals surface area contributed by atoms with E-state index >= 15 is 0 Å². The van der Waals surface area contributed by atoms with Crippen LogP contribution in [0.2, 0.25) is 0 Å². The second kappa shape index (κ2) is 12.6. The second-order valence-electron chi connectivity index (χ2n) is 7.11. The molecule has 0 aliphatic rings. The first-order valence-electron chi connectivity index (χ1n) is 10.1. The molecule has 0 aliphatic heterocycles. The van der Waals surface area contributed by atoms with Crippen molar-refractivity contribution in [2.24, 2.45) is 5.92 Å². The Balaban J connectivity index is 0.00000210. The maximum absolute atomic E-state index is 14.9. The summed E-state index contributed by atoms with van der Waals surface area (Å²) in [4.78, 5) is 14.5. The quantitative estimate of drug-likeness (QED) is 0.237. The topological polar surface area (TPSA) is 85.5 Å². The molecule has 0 fully saturated rings. The first-order chi connectivity index (χ1) is 16.7. The minimum absolute atomic E-state index is 0.0185. The summed E-state index contributed by atoms with van der Waals surface area (Å²) in [7, 11) is 1.51. The van der Waals surface area contributed by atoms with Crippen molar-refractivity contribution in [3.8, 4) is 17.2 Å². The van der Waals surface area contributed by atoms with Crippen LogP contribution >= 0.6 is 0 Å². The van der Waals surface area contributed by atoms with Gasteiger partial charge in [0.2, 0.25) is 11.8 Å². The molecule has 3 rings (SSSR count). The van der Waals surface area contributed by atoms with Gasteiger partial charge in [-0.2, -0.15) is 26.0 Å². The molecule has 1 heterocycles. The number of nitrogens with zero attached hydrogens (tertiary/aromatic N) is 3. The zero-order valence-electron chi connectivity index (χ0n) is 18.5. The van der Waals surface area contributed by atoms with Gasteiger partial charge in [0.05, 0.1) is 13.7 Å². The number of anilines is 1. The summed E-state index contributed by atoms with van der Waals surface area (Å²) < 4.78 is 71.0. The molecule has 12 heteroatoms. The van der Waals surface area contributed by atoms with Crippen molar-refractivity contribution in [3.05, 3.63) is 73.6 Å². The molecule has 35 heavy (non-hydrogen) atoms. The van der Waals surface area contributed by atoms with E-state index in [-0.39, 0.29) is 23.6 Å². The van der Waals surface area contributed by atoms with Gasteiger partial charge >= 0.3 is 34.2 Å². The van der Waals surface area contributed by atoms with Crippen molar-refractivity contribution in [2.45, 2.75) is 25.6 Å². The predicted octanol–water partition coefficient (Wildman–Crippen LogP) is 5.38. The molecule has 0 bridgehead atoms. The molecule has 0 unspecified atom stereocenters. The third-order valence-electron chi connectivity index (χ3n) is 4.99. The van der Waals surface area contributed by atoms with Gasteiger partial charge in [-0.15, -0.1) is 10.2 Å². The SMILES string of the molecule is [CH2-]CC(C[CH2-])C(=O)N(Cc1ccc(-c2nnc(C(F)(F)F)o2)cc1F)c1ccc(OC)cc1.[O]=[Os]. The number of hydrogen-bond acceptors (Lipinski definition) is 6. The van der Waals surface area contributed by atoms with Crippen LogP contribution in [0.5, 0.6) is 5.75 Å². The van der Waals surface area contributed by atoms with Crippen LogP contribution in [0.15, 0.2) is 46.9 Å². The van der Waals surface area contributed by atoms with Crippen molar-refractivity contribution < 1.29 is 53.6 Å². The van der Waals surface area contributed by atoms with Crippen LogP contribution in [0.3, 0.4) is 0 Å². The average molecular weight is 670 g/mol. The van der Waals surface area contributed by atoms with Crippen LogP contribution in [0.25, 0.3) is 11.5 Å². The van der Waals surface area contributed by atoms with Crippen LogP contribution in [0.4, 0.5) is 23.2 Å². The van der Waals surface area contributed by atoms with Gasteiger partial charge < -0.3 is 27.9 Å². The fourth-order valence-corrected chi connectivity index (χ4v) is 3.10. The summed E-state index contributed by atoms with van der Waals surface area (Å²) >= 11 is 0.611.